The van der Waals surface area contributed by atoms with E-state index in [1.807, 2.05) is 0 Å². The predicted octanol–water partition coefficient (Wildman–Crippen LogP) is 1.42. The summed E-state index contributed by atoms with van der Waals surface area (Å²) in [5.74, 6) is 0.280. The van der Waals surface area contributed by atoms with Gasteiger partial charge < -0.3 is 9.84 Å². The molecule has 0 aliphatic heterocycles. The summed E-state index contributed by atoms with van der Waals surface area (Å²) in [6, 6.07) is 0.198. The highest BCUT2D eigenvalue weighted by Gasteiger charge is 2.42. The number of ether oxygens (including phenoxy) is 1. The van der Waals surface area contributed by atoms with Crippen LogP contribution in [0.5, 0.6) is 0 Å². The first-order valence-corrected chi connectivity index (χ1v) is 6.63. The zero-order chi connectivity index (χ0) is 12.8. The Balaban J connectivity index is 2.79. The van der Waals surface area contributed by atoms with Gasteiger partial charge in [-0.25, -0.2) is 0 Å². The Morgan fingerprint density at radius 2 is 2.00 bits per heavy atom. The average molecular weight is 243 g/mol. The molecule has 0 spiro atoms. The summed E-state index contributed by atoms with van der Waals surface area (Å²) in [4.78, 5) is 14.0. The van der Waals surface area contributed by atoms with Gasteiger partial charge in [-0.2, -0.15) is 0 Å². The quantitative estimate of drug-likeness (QED) is 0.655. The normalized spacial score (nSPS) is 17.5. The van der Waals surface area contributed by atoms with E-state index in [0.717, 1.165) is 25.7 Å². The smallest absolute Gasteiger partial charge is 0.323 e. The maximum atomic E-state index is 11.9. The van der Waals surface area contributed by atoms with Crippen LogP contribution in [0.4, 0.5) is 0 Å². The van der Waals surface area contributed by atoms with Gasteiger partial charge in [0.25, 0.3) is 0 Å². The van der Waals surface area contributed by atoms with E-state index in [4.69, 9.17) is 4.74 Å². The van der Waals surface area contributed by atoms with Gasteiger partial charge in [0.15, 0.2) is 0 Å². The molecule has 1 N–H and O–H groups in total. The fraction of sp³-hybridized carbons (Fsp3) is 0.923. The van der Waals surface area contributed by atoms with Crippen LogP contribution in [0.15, 0.2) is 0 Å². The van der Waals surface area contributed by atoms with E-state index >= 15 is 0 Å². The number of rotatable bonds is 8. The van der Waals surface area contributed by atoms with Crippen LogP contribution in [0, 0.1) is 5.92 Å². The molecule has 0 amide bonds. The van der Waals surface area contributed by atoms with Crippen molar-refractivity contribution in [1.29, 1.82) is 0 Å². The zero-order valence-electron chi connectivity index (χ0n) is 11.2. The fourth-order valence-electron chi connectivity index (χ4n) is 2.55. The first-order chi connectivity index (χ1) is 8.19. The number of methoxy groups -OCH3 is 1. The Labute approximate surface area is 104 Å². The first kappa shape index (κ1) is 14.5. The Morgan fingerprint density at radius 3 is 2.35 bits per heavy atom. The van der Waals surface area contributed by atoms with E-state index in [-0.39, 0.29) is 18.6 Å². The van der Waals surface area contributed by atoms with Crippen LogP contribution in [0.1, 0.15) is 39.5 Å². The highest BCUT2D eigenvalue weighted by molar-refractivity contribution is 5.76. The molecule has 1 aliphatic rings. The molecule has 0 aromatic carbocycles. The number of hydrogen-bond donors (Lipinski definition) is 1. The Bertz CT molecular complexity index is 237. The lowest BCUT2D eigenvalue weighted by Gasteiger charge is -2.35. The van der Waals surface area contributed by atoms with Crippen LogP contribution in [0.2, 0.25) is 0 Å². The monoisotopic (exact) mass is 243 g/mol. The molecular formula is C13H25NO3. The number of esters is 1. The van der Waals surface area contributed by atoms with E-state index in [2.05, 4.69) is 18.7 Å². The van der Waals surface area contributed by atoms with E-state index in [0.29, 0.717) is 18.5 Å². The summed E-state index contributed by atoms with van der Waals surface area (Å²) in [7, 11) is 1.45. The van der Waals surface area contributed by atoms with Gasteiger partial charge in [0, 0.05) is 12.6 Å². The number of aliphatic hydroxyl groups is 1. The van der Waals surface area contributed by atoms with Crippen molar-refractivity contribution < 1.29 is 14.6 Å². The van der Waals surface area contributed by atoms with Crippen molar-refractivity contribution >= 4 is 5.97 Å². The maximum absolute atomic E-state index is 11.9. The van der Waals surface area contributed by atoms with Crippen molar-refractivity contribution in [2.24, 2.45) is 5.92 Å². The number of hydrogen-bond acceptors (Lipinski definition) is 4. The summed E-state index contributed by atoms with van der Waals surface area (Å²) in [6.07, 6.45) is 4.19. The molecule has 1 rings (SSSR count). The number of nitrogens with zero attached hydrogens (tertiary/aromatic N) is 1. The van der Waals surface area contributed by atoms with Crippen LogP contribution in [-0.4, -0.2) is 48.3 Å². The van der Waals surface area contributed by atoms with E-state index in [1.54, 1.807) is 0 Å². The Hall–Kier alpha value is -0.610. The molecular weight excluding hydrogens is 218 g/mol. The third kappa shape index (κ3) is 3.68. The molecule has 0 aromatic heterocycles. The van der Waals surface area contributed by atoms with Gasteiger partial charge in [-0.15, -0.1) is 0 Å². The Kier molecular flexibility index (Phi) is 5.92. The van der Waals surface area contributed by atoms with Crippen LogP contribution < -0.4 is 0 Å². The van der Waals surface area contributed by atoms with Gasteiger partial charge in [0.2, 0.25) is 0 Å². The van der Waals surface area contributed by atoms with Gasteiger partial charge in [-0.05, 0) is 31.6 Å². The van der Waals surface area contributed by atoms with E-state index < -0.39 is 0 Å². The summed E-state index contributed by atoms with van der Waals surface area (Å²) in [6.45, 7) is 4.90. The molecule has 0 bridgehead atoms. The first-order valence-electron chi connectivity index (χ1n) is 6.63. The second-order valence-electron chi connectivity index (χ2n) is 4.74. The summed E-state index contributed by atoms with van der Waals surface area (Å²) in [5.41, 5.74) is 0. The molecule has 100 valence electrons. The fourth-order valence-corrected chi connectivity index (χ4v) is 2.55. The largest absolute Gasteiger partial charge is 0.468 e. The maximum Gasteiger partial charge on any atom is 0.323 e. The molecule has 4 heteroatoms. The number of aliphatic hydroxyl groups excluding tert-OH is 1. The lowest BCUT2D eigenvalue weighted by molar-refractivity contribution is -0.149. The Morgan fingerprint density at radius 1 is 1.41 bits per heavy atom. The van der Waals surface area contributed by atoms with Crippen molar-refractivity contribution in [3.8, 4) is 0 Å². The molecule has 4 nitrogen and oxygen atoms in total. The van der Waals surface area contributed by atoms with E-state index in [1.165, 1.54) is 7.11 Å². The summed E-state index contributed by atoms with van der Waals surface area (Å²) < 4.78 is 4.92. The minimum absolute atomic E-state index is 0.0940. The SMILES string of the molecule is CCC(CC)N(CCO)C(C(=O)OC)C1CC1. The lowest BCUT2D eigenvalue weighted by Crippen LogP contribution is -2.50. The molecule has 0 saturated heterocycles. The third-order valence-corrected chi connectivity index (χ3v) is 3.64. The van der Waals surface area contributed by atoms with Gasteiger partial charge >= 0.3 is 5.97 Å². The third-order valence-electron chi connectivity index (χ3n) is 3.64. The highest BCUT2D eigenvalue weighted by Crippen LogP contribution is 2.37. The second kappa shape index (κ2) is 6.97. The minimum Gasteiger partial charge on any atom is -0.468 e. The average Bonchev–Trinajstić information content (AvgIpc) is 3.15. The van der Waals surface area contributed by atoms with Crippen LogP contribution in [-0.2, 0) is 9.53 Å². The molecule has 1 saturated carbocycles. The predicted molar refractivity (Wildman–Crippen MR) is 66.7 cm³/mol. The zero-order valence-corrected chi connectivity index (χ0v) is 11.2. The van der Waals surface area contributed by atoms with Crippen LogP contribution in [0.3, 0.4) is 0 Å². The number of carbonyl (C=O) groups excluding carboxylic acids is 1. The molecule has 0 aromatic rings. The van der Waals surface area contributed by atoms with Crippen LogP contribution >= 0.6 is 0 Å². The minimum atomic E-state index is -0.156. The van der Waals surface area contributed by atoms with Gasteiger partial charge in [0.1, 0.15) is 6.04 Å². The lowest BCUT2D eigenvalue weighted by atomic mass is 10.0. The van der Waals surface area contributed by atoms with Crippen molar-refractivity contribution in [3.63, 3.8) is 0 Å². The molecule has 1 atom stereocenters. The molecule has 0 radical (unpaired) electrons. The topological polar surface area (TPSA) is 49.8 Å². The van der Waals surface area contributed by atoms with Crippen molar-refractivity contribution in [2.45, 2.75) is 51.6 Å². The number of carbonyl (C=O) groups is 1. The second-order valence-corrected chi connectivity index (χ2v) is 4.74. The molecule has 17 heavy (non-hydrogen) atoms. The van der Waals surface area contributed by atoms with Crippen LogP contribution in [0.25, 0.3) is 0 Å². The standard InChI is InChI=1S/C13H25NO3/c1-4-11(5-2)14(8-9-15)12(10-6-7-10)13(16)17-3/h10-12,15H,4-9H2,1-3H3. The van der Waals surface area contributed by atoms with Crippen molar-refractivity contribution in [1.82, 2.24) is 4.90 Å². The highest BCUT2D eigenvalue weighted by atomic mass is 16.5. The molecule has 1 unspecified atom stereocenters. The van der Waals surface area contributed by atoms with Crippen molar-refractivity contribution in [3.05, 3.63) is 0 Å². The summed E-state index contributed by atoms with van der Waals surface area (Å²) in [5, 5.41) is 9.19. The van der Waals surface area contributed by atoms with Gasteiger partial charge in [-0.1, -0.05) is 13.8 Å². The summed E-state index contributed by atoms with van der Waals surface area (Å²) >= 11 is 0. The van der Waals surface area contributed by atoms with Gasteiger partial charge in [-0.3, -0.25) is 9.69 Å². The molecule has 1 aliphatic carbocycles. The molecule has 1 fully saturated rings. The van der Waals surface area contributed by atoms with E-state index in [9.17, 15) is 9.90 Å². The van der Waals surface area contributed by atoms with Gasteiger partial charge in [0.05, 0.1) is 13.7 Å². The van der Waals surface area contributed by atoms with Crippen molar-refractivity contribution in [2.75, 3.05) is 20.3 Å². The molecule has 0 heterocycles.